The van der Waals surface area contributed by atoms with Crippen LogP contribution in [-0.2, 0) is 25.2 Å². The summed E-state index contributed by atoms with van der Waals surface area (Å²) in [6, 6.07) is 41.9. The van der Waals surface area contributed by atoms with Crippen LogP contribution in [0.15, 0.2) is 133 Å². The summed E-state index contributed by atoms with van der Waals surface area (Å²) in [5.74, 6) is 0.588. The largest absolute Gasteiger partial charge is 0.427 e. The predicted molar refractivity (Wildman–Crippen MR) is 197 cm³/mol. The van der Waals surface area contributed by atoms with Gasteiger partial charge in [-0.05, 0) is 70.8 Å². The standard InChI is InChI=1S/C24H22O4.C17H18O2.C2H6O/c1-17(25)27-21-13-9-19(10-14-21)24(2,3)20-11-15-22(16-12-20)28-23(26)18-7-5-4-6-8-18;1-13(18)19-16-11-9-15(10-12-16)17(2,3)14-7-5-4-6-8-14;1-3-2/h4-16H,1-3H3;4-12H,1-3H3;1-2H3. The predicted octanol–water partition coefficient (Wildman–Crippen LogP) is 9.36. The van der Waals surface area contributed by atoms with Gasteiger partial charge in [0.15, 0.2) is 0 Å². The van der Waals surface area contributed by atoms with Gasteiger partial charge in [0.2, 0.25) is 0 Å². The number of rotatable bonds is 8. The zero-order valence-corrected chi connectivity index (χ0v) is 30.1. The van der Waals surface area contributed by atoms with Crippen molar-refractivity contribution < 1.29 is 33.3 Å². The van der Waals surface area contributed by atoms with E-state index in [-0.39, 0.29) is 28.7 Å². The van der Waals surface area contributed by atoms with Crippen LogP contribution in [0.25, 0.3) is 0 Å². The van der Waals surface area contributed by atoms with Crippen LogP contribution in [0, 0.1) is 0 Å². The van der Waals surface area contributed by atoms with Crippen molar-refractivity contribution in [3.8, 4) is 17.2 Å². The normalized spacial score (nSPS) is 10.7. The maximum absolute atomic E-state index is 12.2. The van der Waals surface area contributed by atoms with Crippen molar-refractivity contribution in [2.24, 2.45) is 0 Å². The third kappa shape index (κ3) is 11.3. The van der Waals surface area contributed by atoms with Gasteiger partial charge in [-0.2, -0.15) is 0 Å². The van der Waals surface area contributed by atoms with Gasteiger partial charge >= 0.3 is 17.9 Å². The first-order valence-corrected chi connectivity index (χ1v) is 16.2. The van der Waals surface area contributed by atoms with Crippen molar-refractivity contribution in [3.63, 3.8) is 0 Å². The minimum Gasteiger partial charge on any atom is -0.427 e. The van der Waals surface area contributed by atoms with Crippen molar-refractivity contribution in [1.29, 1.82) is 0 Å². The molecule has 5 rings (SSSR count). The maximum Gasteiger partial charge on any atom is 0.343 e. The van der Waals surface area contributed by atoms with Crippen LogP contribution in [0.4, 0.5) is 0 Å². The Morgan fingerprint density at radius 2 is 0.700 bits per heavy atom. The monoisotopic (exact) mass is 674 g/mol. The number of carbonyl (C=O) groups excluding carboxylic acids is 3. The lowest BCUT2D eigenvalue weighted by Crippen LogP contribution is -2.19. The van der Waals surface area contributed by atoms with E-state index in [1.807, 2.05) is 72.8 Å². The van der Waals surface area contributed by atoms with Crippen LogP contribution >= 0.6 is 0 Å². The molecule has 0 heterocycles. The van der Waals surface area contributed by atoms with Gasteiger partial charge in [0, 0.05) is 38.9 Å². The van der Waals surface area contributed by atoms with E-state index in [4.69, 9.17) is 14.2 Å². The molecule has 5 aromatic carbocycles. The van der Waals surface area contributed by atoms with Crippen molar-refractivity contribution in [3.05, 3.63) is 161 Å². The Bertz CT molecular complexity index is 1790. The molecule has 0 atom stereocenters. The molecule has 0 N–H and O–H groups in total. The van der Waals surface area contributed by atoms with Gasteiger partial charge < -0.3 is 18.9 Å². The van der Waals surface area contributed by atoms with Crippen LogP contribution in [-0.4, -0.2) is 32.1 Å². The lowest BCUT2D eigenvalue weighted by Gasteiger charge is -2.26. The Hall–Kier alpha value is -5.53. The zero-order chi connectivity index (χ0) is 36.7. The molecule has 0 aliphatic carbocycles. The number of hydrogen-bond acceptors (Lipinski definition) is 7. The molecular weight excluding hydrogens is 628 g/mol. The first kappa shape index (κ1) is 38.9. The van der Waals surface area contributed by atoms with Gasteiger partial charge in [-0.3, -0.25) is 9.59 Å². The van der Waals surface area contributed by atoms with Gasteiger partial charge in [0.05, 0.1) is 5.56 Å². The van der Waals surface area contributed by atoms with E-state index in [1.54, 1.807) is 62.8 Å². The molecular formula is C43H46O7. The Labute approximate surface area is 295 Å². The Morgan fingerprint density at radius 1 is 0.420 bits per heavy atom. The molecule has 260 valence electrons. The van der Waals surface area contributed by atoms with Gasteiger partial charge in [-0.25, -0.2) is 4.79 Å². The lowest BCUT2D eigenvalue weighted by molar-refractivity contribution is -0.132. The van der Waals surface area contributed by atoms with E-state index in [0.717, 1.165) is 11.1 Å². The maximum atomic E-state index is 12.2. The summed E-state index contributed by atoms with van der Waals surface area (Å²) in [5, 5.41) is 0. The van der Waals surface area contributed by atoms with E-state index < -0.39 is 0 Å². The minimum atomic E-state index is -0.381. The van der Waals surface area contributed by atoms with Gasteiger partial charge in [0.25, 0.3) is 0 Å². The summed E-state index contributed by atoms with van der Waals surface area (Å²) in [5.41, 5.74) is 4.78. The molecule has 0 spiro atoms. The van der Waals surface area contributed by atoms with Crippen LogP contribution < -0.4 is 14.2 Å². The Kier molecular flexibility index (Phi) is 14.2. The fourth-order valence-corrected chi connectivity index (χ4v) is 5.08. The first-order chi connectivity index (χ1) is 23.8. The smallest absolute Gasteiger partial charge is 0.343 e. The SMILES string of the molecule is CC(=O)Oc1ccc(C(C)(C)c2ccc(OC(=O)c3ccccc3)cc2)cc1.CC(=O)Oc1ccc(C(C)(C)c2ccccc2)cc1.COC. The third-order valence-corrected chi connectivity index (χ3v) is 7.97. The average Bonchev–Trinajstić information content (AvgIpc) is 3.10. The van der Waals surface area contributed by atoms with Crippen LogP contribution in [0.1, 0.15) is 74.2 Å². The highest BCUT2D eigenvalue weighted by Crippen LogP contribution is 2.34. The molecule has 50 heavy (non-hydrogen) atoms. The zero-order valence-electron chi connectivity index (χ0n) is 30.1. The number of methoxy groups -OCH3 is 1. The van der Waals surface area contributed by atoms with Crippen LogP contribution in [0.2, 0.25) is 0 Å². The topological polar surface area (TPSA) is 88.1 Å². The molecule has 5 aromatic rings. The fraction of sp³-hybridized carbons (Fsp3) is 0.233. The molecule has 7 nitrogen and oxygen atoms in total. The second-order valence-corrected chi connectivity index (χ2v) is 12.5. The first-order valence-electron chi connectivity index (χ1n) is 16.2. The highest BCUT2D eigenvalue weighted by atomic mass is 16.5. The molecule has 0 saturated heterocycles. The number of carbonyl (C=O) groups is 3. The summed E-state index contributed by atoms with van der Waals surface area (Å²) >= 11 is 0. The molecule has 0 aliphatic heterocycles. The van der Waals surface area contributed by atoms with E-state index in [1.165, 1.54) is 25.0 Å². The second kappa shape index (κ2) is 18.3. The van der Waals surface area contributed by atoms with Gasteiger partial charge in [-0.15, -0.1) is 0 Å². The van der Waals surface area contributed by atoms with Crippen molar-refractivity contribution in [2.75, 3.05) is 14.2 Å². The second-order valence-electron chi connectivity index (χ2n) is 12.5. The number of esters is 3. The summed E-state index contributed by atoms with van der Waals surface area (Å²) in [4.78, 5) is 34.1. The van der Waals surface area contributed by atoms with E-state index >= 15 is 0 Å². The molecule has 0 fully saturated rings. The summed E-state index contributed by atoms with van der Waals surface area (Å²) in [6.07, 6.45) is 0. The molecule has 0 unspecified atom stereocenters. The van der Waals surface area contributed by atoms with Crippen molar-refractivity contribution in [1.82, 2.24) is 0 Å². The lowest BCUT2D eigenvalue weighted by atomic mass is 9.78. The van der Waals surface area contributed by atoms with Crippen LogP contribution in [0.3, 0.4) is 0 Å². The molecule has 0 amide bonds. The average molecular weight is 675 g/mol. The number of ether oxygens (including phenoxy) is 4. The highest BCUT2D eigenvalue weighted by Gasteiger charge is 2.24. The highest BCUT2D eigenvalue weighted by molar-refractivity contribution is 5.91. The molecule has 7 heteroatoms. The van der Waals surface area contributed by atoms with Crippen molar-refractivity contribution in [2.45, 2.75) is 52.4 Å². The number of hydrogen-bond donors (Lipinski definition) is 0. The fourth-order valence-electron chi connectivity index (χ4n) is 5.08. The van der Waals surface area contributed by atoms with Crippen LogP contribution in [0.5, 0.6) is 17.2 Å². The summed E-state index contributed by atoms with van der Waals surface area (Å²) in [6.45, 7) is 11.4. The summed E-state index contributed by atoms with van der Waals surface area (Å²) in [7, 11) is 3.25. The Morgan fingerprint density at radius 3 is 1.02 bits per heavy atom. The van der Waals surface area contributed by atoms with Gasteiger partial charge in [-0.1, -0.05) is 113 Å². The molecule has 0 aromatic heterocycles. The summed E-state index contributed by atoms with van der Waals surface area (Å²) < 4.78 is 19.8. The van der Waals surface area contributed by atoms with Crippen molar-refractivity contribution >= 4 is 17.9 Å². The Balaban J connectivity index is 0.000000267. The third-order valence-electron chi connectivity index (χ3n) is 7.97. The van der Waals surface area contributed by atoms with E-state index in [9.17, 15) is 14.4 Å². The molecule has 0 bridgehead atoms. The van der Waals surface area contributed by atoms with Gasteiger partial charge in [0.1, 0.15) is 17.2 Å². The molecule has 0 radical (unpaired) electrons. The van der Waals surface area contributed by atoms with E-state index in [2.05, 4.69) is 44.6 Å². The van der Waals surface area contributed by atoms with E-state index in [0.29, 0.717) is 22.8 Å². The minimum absolute atomic E-state index is 0.0734. The number of benzene rings is 5. The molecule has 0 aliphatic rings. The molecule has 0 saturated carbocycles. The quantitative estimate of drug-likeness (QED) is 0.120.